The van der Waals surface area contributed by atoms with Gasteiger partial charge in [-0.2, -0.15) is 5.26 Å². The lowest BCUT2D eigenvalue weighted by atomic mass is 10.4. The molecule has 0 unspecified atom stereocenters. The first kappa shape index (κ1) is 13.4. The van der Waals surface area contributed by atoms with Crippen molar-refractivity contribution in [3.8, 4) is 16.8 Å². The molecule has 6 nitrogen and oxygen atoms in total. The molecule has 0 bridgehead atoms. The van der Waals surface area contributed by atoms with Gasteiger partial charge in [-0.05, 0) is 48.2 Å². The average molecular weight is 326 g/mol. The van der Waals surface area contributed by atoms with Gasteiger partial charge in [0.1, 0.15) is 11.1 Å². The molecule has 3 heterocycles. The highest BCUT2D eigenvalue weighted by Crippen LogP contribution is 2.42. The van der Waals surface area contributed by atoms with Crippen LogP contribution in [0.5, 0.6) is 0 Å². The van der Waals surface area contributed by atoms with Gasteiger partial charge < -0.3 is 0 Å². The molecule has 3 aromatic heterocycles. The van der Waals surface area contributed by atoms with Crippen molar-refractivity contribution in [2.45, 2.75) is 29.1 Å². The predicted molar refractivity (Wildman–Crippen MR) is 82.5 cm³/mol. The first-order valence-corrected chi connectivity index (χ1v) is 8.45. The molecule has 0 N–H and O–H groups in total. The SMILES string of the molecule is N#Cc1ccc(Sc2nnc(-c3cccs3)n2C2CC2)nn1. The molecule has 1 fully saturated rings. The quantitative estimate of drug-likeness (QED) is 0.732. The third kappa shape index (κ3) is 2.49. The molecule has 0 aliphatic heterocycles. The molecular formula is C14H10N6S2. The standard InChI is InChI=1S/C14H10N6S2/c15-8-9-3-6-12(17-16-9)22-14-19-18-13(11-2-1-7-21-11)20(14)10-4-5-10/h1-3,6-7,10H,4-5H2. The van der Waals surface area contributed by atoms with Gasteiger partial charge in [0.15, 0.2) is 16.7 Å². The third-order valence-corrected chi connectivity index (χ3v) is 5.02. The lowest BCUT2D eigenvalue weighted by molar-refractivity contribution is 0.669. The van der Waals surface area contributed by atoms with Crippen LogP contribution < -0.4 is 0 Å². The van der Waals surface area contributed by atoms with Crippen molar-refractivity contribution in [3.63, 3.8) is 0 Å². The van der Waals surface area contributed by atoms with Crippen molar-refractivity contribution < 1.29 is 0 Å². The summed E-state index contributed by atoms with van der Waals surface area (Å²) in [7, 11) is 0. The van der Waals surface area contributed by atoms with E-state index >= 15 is 0 Å². The van der Waals surface area contributed by atoms with Gasteiger partial charge in [0.05, 0.1) is 4.88 Å². The van der Waals surface area contributed by atoms with E-state index in [4.69, 9.17) is 5.26 Å². The monoisotopic (exact) mass is 326 g/mol. The molecule has 0 aromatic carbocycles. The molecule has 0 saturated heterocycles. The summed E-state index contributed by atoms with van der Waals surface area (Å²) in [6.45, 7) is 0. The second-order valence-corrected chi connectivity index (χ2v) is 6.79. The summed E-state index contributed by atoms with van der Waals surface area (Å²) in [5.74, 6) is 0.918. The van der Waals surface area contributed by atoms with Gasteiger partial charge in [-0.25, -0.2) is 0 Å². The normalized spacial score (nSPS) is 14.0. The topological polar surface area (TPSA) is 80.3 Å². The average Bonchev–Trinajstić information content (AvgIpc) is 3.08. The molecule has 0 spiro atoms. The highest BCUT2D eigenvalue weighted by Gasteiger charge is 2.30. The third-order valence-electron chi connectivity index (χ3n) is 3.27. The molecular weight excluding hydrogens is 316 g/mol. The van der Waals surface area contributed by atoms with E-state index in [2.05, 4.69) is 31.0 Å². The Bertz CT molecular complexity index is 827. The minimum absolute atomic E-state index is 0.312. The smallest absolute Gasteiger partial charge is 0.198 e. The predicted octanol–water partition coefficient (Wildman–Crippen LogP) is 3.15. The van der Waals surface area contributed by atoms with Crippen molar-refractivity contribution in [2.75, 3.05) is 0 Å². The zero-order chi connectivity index (χ0) is 14.9. The molecule has 4 rings (SSSR count). The first-order chi connectivity index (χ1) is 10.8. The number of nitriles is 1. The summed E-state index contributed by atoms with van der Waals surface area (Å²) >= 11 is 3.09. The summed E-state index contributed by atoms with van der Waals surface area (Å²) in [5.41, 5.74) is 0.312. The molecule has 0 radical (unpaired) electrons. The highest BCUT2D eigenvalue weighted by molar-refractivity contribution is 7.99. The lowest BCUT2D eigenvalue weighted by Crippen LogP contribution is -1.99. The maximum atomic E-state index is 8.77. The van der Waals surface area contributed by atoms with Gasteiger partial charge in [0, 0.05) is 6.04 Å². The second kappa shape index (κ2) is 5.51. The van der Waals surface area contributed by atoms with Crippen LogP contribution in [0.25, 0.3) is 10.7 Å². The minimum Gasteiger partial charge on any atom is -0.298 e. The molecule has 1 saturated carbocycles. The summed E-state index contributed by atoms with van der Waals surface area (Å²) in [6.07, 6.45) is 2.31. The Morgan fingerprint density at radius 3 is 2.73 bits per heavy atom. The second-order valence-electron chi connectivity index (χ2n) is 4.86. The van der Waals surface area contributed by atoms with Crippen molar-refractivity contribution >= 4 is 23.1 Å². The number of hydrogen-bond donors (Lipinski definition) is 0. The Kier molecular flexibility index (Phi) is 3.36. The van der Waals surface area contributed by atoms with Crippen molar-refractivity contribution in [1.29, 1.82) is 5.26 Å². The van der Waals surface area contributed by atoms with E-state index in [1.165, 1.54) is 11.8 Å². The summed E-state index contributed by atoms with van der Waals surface area (Å²) in [6, 6.07) is 9.96. The Morgan fingerprint density at radius 2 is 2.09 bits per heavy atom. The Balaban J connectivity index is 1.68. The molecule has 108 valence electrons. The largest absolute Gasteiger partial charge is 0.298 e. The summed E-state index contributed by atoms with van der Waals surface area (Å²) in [4.78, 5) is 1.12. The molecule has 3 aromatic rings. The summed E-state index contributed by atoms with van der Waals surface area (Å²) in [5, 5.41) is 28.9. The number of rotatable bonds is 4. The zero-order valence-corrected chi connectivity index (χ0v) is 13.0. The van der Waals surface area contributed by atoms with Crippen LogP contribution in [0.2, 0.25) is 0 Å². The van der Waals surface area contributed by atoms with Gasteiger partial charge in [-0.1, -0.05) is 6.07 Å². The summed E-state index contributed by atoms with van der Waals surface area (Å²) < 4.78 is 2.19. The molecule has 22 heavy (non-hydrogen) atoms. The molecule has 0 atom stereocenters. The van der Waals surface area contributed by atoms with Crippen LogP contribution >= 0.6 is 23.1 Å². The van der Waals surface area contributed by atoms with Crippen LogP contribution in [0, 0.1) is 11.3 Å². The molecule has 1 aliphatic carbocycles. The molecule has 1 aliphatic rings. The van der Waals surface area contributed by atoms with E-state index in [0.717, 1.165) is 28.7 Å². The van der Waals surface area contributed by atoms with Crippen LogP contribution in [0.1, 0.15) is 24.6 Å². The van der Waals surface area contributed by atoms with Gasteiger partial charge in [-0.3, -0.25) is 4.57 Å². The van der Waals surface area contributed by atoms with Gasteiger partial charge in [-0.15, -0.1) is 31.7 Å². The lowest BCUT2D eigenvalue weighted by Gasteiger charge is -2.06. The fourth-order valence-electron chi connectivity index (χ4n) is 2.11. The van der Waals surface area contributed by atoms with E-state index in [1.807, 2.05) is 17.5 Å². The minimum atomic E-state index is 0.312. The highest BCUT2D eigenvalue weighted by atomic mass is 32.2. The number of thiophene rings is 1. The Morgan fingerprint density at radius 1 is 1.18 bits per heavy atom. The van der Waals surface area contributed by atoms with Crippen molar-refractivity contribution in [2.24, 2.45) is 0 Å². The number of nitrogens with zero attached hydrogens (tertiary/aromatic N) is 6. The first-order valence-electron chi connectivity index (χ1n) is 6.75. The van der Waals surface area contributed by atoms with Gasteiger partial charge in [0.2, 0.25) is 0 Å². The number of hydrogen-bond acceptors (Lipinski definition) is 7. The molecule has 0 amide bonds. The Hall–Kier alpha value is -2.24. The Labute approximate surface area is 134 Å². The van der Waals surface area contributed by atoms with Gasteiger partial charge >= 0.3 is 0 Å². The number of aromatic nitrogens is 5. The van der Waals surface area contributed by atoms with Crippen LogP contribution in [0.4, 0.5) is 0 Å². The van der Waals surface area contributed by atoms with Crippen molar-refractivity contribution in [3.05, 3.63) is 35.3 Å². The van der Waals surface area contributed by atoms with Crippen LogP contribution in [-0.4, -0.2) is 25.0 Å². The maximum Gasteiger partial charge on any atom is 0.198 e. The van der Waals surface area contributed by atoms with Crippen molar-refractivity contribution in [1.82, 2.24) is 25.0 Å². The van der Waals surface area contributed by atoms with Gasteiger partial charge in [0.25, 0.3) is 0 Å². The van der Waals surface area contributed by atoms with E-state index in [0.29, 0.717) is 16.8 Å². The van der Waals surface area contributed by atoms with E-state index in [-0.39, 0.29) is 0 Å². The van der Waals surface area contributed by atoms with Crippen LogP contribution in [0.15, 0.2) is 39.8 Å². The zero-order valence-electron chi connectivity index (χ0n) is 11.4. The van der Waals surface area contributed by atoms with Crippen LogP contribution in [0.3, 0.4) is 0 Å². The fraction of sp³-hybridized carbons (Fsp3) is 0.214. The molecule has 8 heteroatoms. The fourth-order valence-corrected chi connectivity index (χ4v) is 3.64. The van der Waals surface area contributed by atoms with E-state index < -0.39 is 0 Å². The maximum absolute atomic E-state index is 8.77. The van der Waals surface area contributed by atoms with E-state index in [1.54, 1.807) is 23.5 Å². The van der Waals surface area contributed by atoms with E-state index in [9.17, 15) is 0 Å². The van der Waals surface area contributed by atoms with Crippen LogP contribution in [-0.2, 0) is 0 Å².